The molecule has 4 bridgehead atoms. The van der Waals surface area contributed by atoms with Crippen LogP contribution >= 0.6 is 0 Å². The number of nitrogens with one attached hydrogen (secondary N) is 1. The van der Waals surface area contributed by atoms with Gasteiger partial charge in [-0.3, -0.25) is 14.3 Å². The maximum absolute atomic E-state index is 13.5. The van der Waals surface area contributed by atoms with Gasteiger partial charge in [-0.15, -0.1) is 0 Å². The van der Waals surface area contributed by atoms with E-state index in [0.717, 1.165) is 42.4 Å². The molecule has 6 heteroatoms. The van der Waals surface area contributed by atoms with E-state index in [0.29, 0.717) is 36.4 Å². The number of carboxylic acids is 1. The van der Waals surface area contributed by atoms with Gasteiger partial charge in [-0.25, -0.2) is 0 Å². The highest BCUT2D eigenvalue weighted by atomic mass is 16.4. The summed E-state index contributed by atoms with van der Waals surface area (Å²) in [6.07, 6.45) is 14.3. The quantitative estimate of drug-likeness (QED) is 0.760. The molecule has 0 spiro atoms. The van der Waals surface area contributed by atoms with Gasteiger partial charge in [0, 0.05) is 17.3 Å². The number of fused-ring (bicyclic) bond motifs is 1. The minimum atomic E-state index is -0.747. The van der Waals surface area contributed by atoms with Crippen LogP contribution in [0.5, 0.6) is 0 Å². The van der Waals surface area contributed by atoms with Crippen LogP contribution in [0.4, 0.5) is 0 Å². The first-order chi connectivity index (χ1) is 15.1. The Hall–Kier alpha value is -1.85. The average Bonchev–Trinajstić information content (AvgIpc) is 3.15. The lowest BCUT2D eigenvalue weighted by molar-refractivity contribution is -0.142. The van der Waals surface area contributed by atoms with E-state index in [9.17, 15) is 14.7 Å². The van der Waals surface area contributed by atoms with Gasteiger partial charge in [0.2, 0.25) is 0 Å². The van der Waals surface area contributed by atoms with E-state index in [1.165, 1.54) is 51.4 Å². The van der Waals surface area contributed by atoms with Crippen LogP contribution < -0.4 is 5.32 Å². The molecule has 0 aliphatic heterocycles. The summed E-state index contributed by atoms with van der Waals surface area (Å²) >= 11 is 0. The van der Waals surface area contributed by atoms with Crippen molar-refractivity contribution in [1.82, 2.24) is 15.1 Å². The number of carbonyl (C=O) groups is 2. The van der Waals surface area contributed by atoms with Crippen LogP contribution in [0, 0.1) is 29.6 Å². The summed E-state index contributed by atoms with van der Waals surface area (Å²) < 4.78 is 2.14. The van der Waals surface area contributed by atoms with Gasteiger partial charge in [0.25, 0.3) is 5.91 Å². The van der Waals surface area contributed by atoms with Crippen LogP contribution in [0.15, 0.2) is 0 Å². The van der Waals surface area contributed by atoms with E-state index < -0.39 is 11.9 Å². The number of carbonyl (C=O) groups excluding carboxylic acids is 1. The van der Waals surface area contributed by atoms with Crippen molar-refractivity contribution in [3.8, 4) is 0 Å². The zero-order valence-corrected chi connectivity index (χ0v) is 18.4. The predicted octanol–water partition coefficient (Wildman–Crippen LogP) is 4.13. The Bertz CT molecular complexity index is 857. The second-order valence-electron chi connectivity index (χ2n) is 11.2. The van der Waals surface area contributed by atoms with Crippen molar-refractivity contribution in [3.05, 3.63) is 17.0 Å². The van der Waals surface area contributed by atoms with Gasteiger partial charge < -0.3 is 10.4 Å². The predicted molar refractivity (Wildman–Crippen MR) is 116 cm³/mol. The van der Waals surface area contributed by atoms with Crippen LogP contribution in [0.3, 0.4) is 0 Å². The topological polar surface area (TPSA) is 84.2 Å². The van der Waals surface area contributed by atoms with Crippen molar-refractivity contribution in [2.75, 3.05) is 0 Å². The summed E-state index contributed by atoms with van der Waals surface area (Å²) in [4.78, 5) is 25.3. The SMILES string of the molecule is O=C(NC1C2CC3CC(C2)CC1C3)c1nn(C2CCCCC2)c2c1CC(C(=O)O)CC2. The van der Waals surface area contributed by atoms with Gasteiger partial charge >= 0.3 is 5.97 Å². The van der Waals surface area contributed by atoms with Crippen LogP contribution in [-0.2, 0) is 17.6 Å². The number of aromatic nitrogens is 2. The summed E-state index contributed by atoms with van der Waals surface area (Å²) in [5.74, 6) is 1.82. The normalized spacial score (nSPS) is 36.9. The minimum Gasteiger partial charge on any atom is -0.481 e. The molecule has 31 heavy (non-hydrogen) atoms. The van der Waals surface area contributed by atoms with Crippen molar-refractivity contribution in [2.24, 2.45) is 29.6 Å². The summed E-state index contributed by atoms with van der Waals surface area (Å²) in [5.41, 5.74) is 2.59. The second-order valence-corrected chi connectivity index (χ2v) is 11.2. The van der Waals surface area contributed by atoms with E-state index in [4.69, 9.17) is 5.10 Å². The molecule has 1 aromatic rings. The van der Waals surface area contributed by atoms with E-state index >= 15 is 0 Å². The molecule has 6 aliphatic carbocycles. The smallest absolute Gasteiger partial charge is 0.306 e. The maximum Gasteiger partial charge on any atom is 0.306 e. The molecular formula is C25H35N3O3. The molecule has 5 saturated carbocycles. The van der Waals surface area contributed by atoms with Crippen molar-refractivity contribution >= 4 is 11.9 Å². The number of nitrogens with zero attached hydrogens (tertiary/aromatic N) is 2. The van der Waals surface area contributed by atoms with Gasteiger partial charge in [-0.05, 0) is 87.9 Å². The fraction of sp³-hybridized carbons (Fsp3) is 0.800. The molecular weight excluding hydrogens is 390 g/mol. The first-order valence-electron chi connectivity index (χ1n) is 12.7. The number of rotatable bonds is 4. The fourth-order valence-electron chi connectivity index (χ4n) is 8.04. The van der Waals surface area contributed by atoms with Gasteiger partial charge in [0.05, 0.1) is 12.0 Å². The van der Waals surface area contributed by atoms with E-state index in [2.05, 4.69) is 10.00 Å². The third-order valence-electron chi connectivity index (χ3n) is 9.31. The zero-order chi connectivity index (χ0) is 21.1. The molecule has 1 atom stereocenters. The number of amides is 1. The lowest BCUT2D eigenvalue weighted by atomic mass is 9.54. The molecule has 1 aromatic heterocycles. The Morgan fingerprint density at radius 3 is 2.26 bits per heavy atom. The number of aliphatic carboxylic acids is 1. The Morgan fingerprint density at radius 1 is 0.935 bits per heavy atom. The summed E-state index contributed by atoms with van der Waals surface area (Å²) in [6.45, 7) is 0. The maximum atomic E-state index is 13.5. The fourth-order valence-corrected chi connectivity index (χ4v) is 8.04. The van der Waals surface area contributed by atoms with Gasteiger partial charge in [-0.2, -0.15) is 5.10 Å². The molecule has 6 nitrogen and oxygen atoms in total. The Kier molecular flexibility index (Phi) is 4.87. The number of carboxylic acid groups (broad SMARTS) is 1. The second kappa shape index (κ2) is 7.63. The average molecular weight is 426 g/mol. The molecule has 1 unspecified atom stereocenters. The first kappa shape index (κ1) is 19.8. The molecule has 0 aromatic carbocycles. The standard InChI is InChI=1S/C25H35N3O3/c29-24(26-22-17-9-14-8-15(11-17)12-18(22)10-14)23-20-13-16(25(30)31)6-7-21(20)28(27-23)19-4-2-1-3-5-19/h14-19,22H,1-13H2,(H,26,29)(H,30,31). The molecule has 0 radical (unpaired) electrons. The van der Waals surface area contributed by atoms with Crippen molar-refractivity contribution in [3.63, 3.8) is 0 Å². The largest absolute Gasteiger partial charge is 0.481 e. The third-order valence-corrected chi connectivity index (χ3v) is 9.31. The Morgan fingerprint density at radius 2 is 1.61 bits per heavy atom. The molecule has 5 fully saturated rings. The highest BCUT2D eigenvalue weighted by Gasteiger charge is 2.49. The van der Waals surface area contributed by atoms with Crippen LogP contribution in [0.2, 0.25) is 0 Å². The summed E-state index contributed by atoms with van der Waals surface area (Å²) in [6, 6.07) is 0.654. The van der Waals surface area contributed by atoms with Crippen LogP contribution in [0.25, 0.3) is 0 Å². The van der Waals surface area contributed by atoms with E-state index in [1.807, 2.05) is 0 Å². The Balaban J connectivity index is 1.29. The molecule has 7 rings (SSSR count). The third kappa shape index (κ3) is 3.41. The van der Waals surface area contributed by atoms with Crippen molar-refractivity contribution in [1.29, 1.82) is 0 Å². The first-order valence-corrected chi connectivity index (χ1v) is 12.7. The lowest BCUT2D eigenvalue weighted by Crippen LogP contribution is -2.56. The molecule has 1 amide bonds. The van der Waals surface area contributed by atoms with Gasteiger partial charge in [0.15, 0.2) is 5.69 Å². The zero-order valence-electron chi connectivity index (χ0n) is 18.4. The summed E-state index contributed by atoms with van der Waals surface area (Å²) in [7, 11) is 0. The van der Waals surface area contributed by atoms with Crippen molar-refractivity contribution in [2.45, 2.75) is 95.6 Å². The Labute approximate surface area is 184 Å². The number of hydrogen-bond acceptors (Lipinski definition) is 3. The van der Waals surface area contributed by atoms with E-state index in [1.54, 1.807) is 0 Å². The highest BCUT2D eigenvalue weighted by molar-refractivity contribution is 5.94. The molecule has 168 valence electrons. The monoisotopic (exact) mass is 425 g/mol. The minimum absolute atomic E-state index is 0.0469. The van der Waals surface area contributed by atoms with Gasteiger partial charge in [0.1, 0.15) is 0 Å². The van der Waals surface area contributed by atoms with Crippen molar-refractivity contribution < 1.29 is 14.7 Å². The van der Waals surface area contributed by atoms with Gasteiger partial charge in [-0.1, -0.05) is 19.3 Å². The molecule has 6 aliphatic rings. The molecule has 2 N–H and O–H groups in total. The lowest BCUT2D eigenvalue weighted by Gasteiger charge is -2.54. The van der Waals surface area contributed by atoms with Crippen LogP contribution in [-0.4, -0.2) is 32.8 Å². The highest BCUT2D eigenvalue weighted by Crippen LogP contribution is 2.53. The van der Waals surface area contributed by atoms with E-state index in [-0.39, 0.29) is 11.9 Å². The number of hydrogen-bond donors (Lipinski definition) is 2. The molecule has 1 heterocycles. The van der Waals surface area contributed by atoms with Crippen LogP contribution in [0.1, 0.15) is 98.4 Å². The molecule has 0 saturated heterocycles. The summed E-state index contributed by atoms with van der Waals surface area (Å²) in [5, 5.41) is 18.0.